The van der Waals surface area contributed by atoms with Crippen molar-refractivity contribution >= 4 is 40.6 Å². The Labute approximate surface area is 324 Å². The van der Waals surface area contributed by atoms with Gasteiger partial charge in [0.05, 0.1) is 36.0 Å². The molecule has 0 unspecified atom stereocenters. The van der Waals surface area contributed by atoms with Crippen molar-refractivity contribution in [2.75, 3.05) is 20.7 Å². The summed E-state index contributed by atoms with van der Waals surface area (Å²) in [6, 6.07) is 8.70. The molecule has 2 N–H and O–H groups in total. The van der Waals surface area contributed by atoms with Crippen molar-refractivity contribution in [3.8, 4) is 0 Å². The van der Waals surface area contributed by atoms with Crippen LogP contribution >= 0.6 is 0 Å². The number of ether oxygens (including phenoxy) is 5. The number of benzene rings is 1. The van der Waals surface area contributed by atoms with Crippen molar-refractivity contribution in [2.24, 2.45) is 23.7 Å². The SMILES string of the molecule is CC[C@H]1OC(=O)[C@H](C)C(=O)[C@H](C)[C@@H](O[C@@H]2O[C@H](C)C[C@H](N(C)C)[C@H]2O)[C@](C)(OC/C=C/c2cnc3ccccc3c2)C[C@@H](C)C(=O)[C@H](C)[C@H]2NC(=O)O[C@@]21C. The first-order valence-electron chi connectivity index (χ1n) is 19.5. The number of amides is 1. The molecule has 0 saturated carbocycles. The number of rotatable bonds is 8. The topological polar surface area (TPSA) is 163 Å². The molecule has 0 aliphatic carbocycles. The Balaban J connectivity index is 1.56. The molecule has 0 bridgehead atoms. The average Bonchev–Trinajstić information content (AvgIpc) is 3.47. The average molecular weight is 766 g/mol. The lowest BCUT2D eigenvalue weighted by atomic mass is 9.73. The molecule has 1 amide bonds. The lowest BCUT2D eigenvalue weighted by Gasteiger charge is -2.47. The number of ketones is 2. The summed E-state index contributed by atoms with van der Waals surface area (Å²) in [5.41, 5.74) is -1.00. The second-order valence-electron chi connectivity index (χ2n) is 16.4. The second-order valence-corrected chi connectivity index (χ2v) is 16.4. The number of aromatic nitrogens is 1. The minimum Gasteiger partial charge on any atom is -0.458 e. The van der Waals surface area contributed by atoms with Gasteiger partial charge in [0.1, 0.15) is 23.9 Å². The van der Waals surface area contributed by atoms with Gasteiger partial charge in [-0.15, -0.1) is 0 Å². The van der Waals surface area contributed by atoms with Crippen LogP contribution in [-0.2, 0) is 38.1 Å². The second kappa shape index (κ2) is 17.2. The van der Waals surface area contributed by atoms with Crippen LogP contribution in [0.15, 0.2) is 42.6 Å². The van der Waals surface area contributed by atoms with Crippen molar-refractivity contribution in [2.45, 2.75) is 129 Å². The van der Waals surface area contributed by atoms with E-state index in [4.69, 9.17) is 23.7 Å². The van der Waals surface area contributed by atoms with Gasteiger partial charge in [-0.25, -0.2) is 4.79 Å². The number of carbonyl (C=O) groups is 4. The molecule has 0 spiro atoms. The smallest absolute Gasteiger partial charge is 0.408 e. The first kappa shape index (κ1) is 42.4. The van der Waals surface area contributed by atoms with Gasteiger partial charge in [-0.2, -0.15) is 0 Å². The molecule has 13 heteroatoms. The van der Waals surface area contributed by atoms with Crippen molar-refractivity contribution in [3.63, 3.8) is 0 Å². The number of para-hydroxylation sites is 1. The number of fused-ring (bicyclic) bond motifs is 2. The maximum atomic E-state index is 14.4. The number of nitrogens with zero attached hydrogens (tertiary/aromatic N) is 2. The summed E-state index contributed by atoms with van der Waals surface area (Å²) in [6.45, 7) is 13.8. The highest BCUT2D eigenvalue weighted by Gasteiger charge is 2.57. The van der Waals surface area contributed by atoms with Crippen LogP contribution in [0.25, 0.3) is 17.0 Å². The van der Waals surface area contributed by atoms with Gasteiger partial charge in [-0.1, -0.05) is 58.0 Å². The van der Waals surface area contributed by atoms with E-state index >= 15 is 0 Å². The highest BCUT2D eigenvalue weighted by molar-refractivity contribution is 6.00. The van der Waals surface area contributed by atoms with Crippen molar-refractivity contribution < 1.29 is 48.0 Å². The Kier molecular flexibility index (Phi) is 13.2. The Morgan fingerprint density at radius 1 is 1.04 bits per heavy atom. The molecule has 4 heterocycles. The maximum Gasteiger partial charge on any atom is 0.408 e. The van der Waals surface area contributed by atoms with Gasteiger partial charge in [0.2, 0.25) is 0 Å². The number of likely N-dealkylation sites (N-methyl/N-ethyl adjacent to an activating group) is 1. The number of alkyl carbamates (subject to hydrolysis) is 1. The number of nitrogens with one attached hydrogen (secondary N) is 1. The van der Waals surface area contributed by atoms with E-state index in [0.717, 1.165) is 16.5 Å². The summed E-state index contributed by atoms with van der Waals surface area (Å²) in [5.74, 6) is -5.12. The summed E-state index contributed by atoms with van der Waals surface area (Å²) in [6.07, 6.45) is 1.12. The lowest BCUT2D eigenvalue weighted by Crippen LogP contribution is -2.60. The standard InChI is InChI=1S/C42H59N3O10/c1-11-32-42(8)36(44-40(50)55-42)25(4)33(46)23(2)21-41(7,51-18-14-15-28-20-29-16-12-13-17-30(29)43-22-28)37(26(5)34(47)27(6)38(49)53-32)54-39-35(48)31(45(9)10)19-24(3)52-39/h12-17,20,22-27,31-32,35-37,39,48H,11,18-19,21H2,1-10H3,(H,44,50)/b15-14+/t23-,24-,25+,26+,27-,31+,32-,35-,36-,37-,39+,41-,42-/m1/s1. The largest absolute Gasteiger partial charge is 0.458 e. The number of hydrogen-bond donors (Lipinski definition) is 2. The van der Waals surface area contributed by atoms with E-state index in [-0.39, 0.29) is 37.4 Å². The molecule has 3 aliphatic heterocycles. The summed E-state index contributed by atoms with van der Waals surface area (Å²) >= 11 is 0. The van der Waals surface area contributed by atoms with Crippen LogP contribution < -0.4 is 5.32 Å². The van der Waals surface area contributed by atoms with Gasteiger partial charge in [0.15, 0.2) is 17.7 Å². The number of carbonyl (C=O) groups excluding carboxylic acids is 4. The predicted octanol–water partition coefficient (Wildman–Crippen LogP) is 5.11. The first-order chi connectivity index (χ1) is 25.9. The fourth-order valence-electron chi connectivity index (χ4n) is 8.73. The minimum atomic E-state index is -1.38. The van der Waals surface area contributed by atoms with Crippen LogP contribution in [0.2, 0.25) is 0 Å². The van der Waals surface area contributed by atoms with E-state index in [1.165, 1.54) is 6.92 Å². The first-order valence-corrected chi connectivity index (χ1v) is 19.5. The van der Waals surface area contributed by atoms with E-state index in [2.05, 4.69) is 10.3 Å². The normalized spacial score (nSPS) is 38.1. The number of cyclic esters (lactones) is 1. The molecule has 2 aromatic rings. The lowest BCUT2D eigenvalue weighted by molar-refractivity contribution is -0.296. The molecule has 5 rings (SSSR count). The van der Waals surface area contributed by atoms with Crippen LogP contribution in [0.4, 0.5) is 4.79 Å². The van der Waals surface area contributed by atoms with Crippen LogP contribution in [0, 0.1) is 23.7 Å². The van der Waals surface area contributed by atoms with Gasteiger partial charge in [0, 0.05) is 35.4 Å². The number of aliphatic hydroxyl groups is 1. The molecular formula is C42H59N3O10. The molecule has 13 nitrogen and oxygen atoms in total. The Hall–Kier alpha value is -3.75. The number of hydrogen-bond acceptors (Lipinski definition) is 12. The molecule has 302 valence electrons. The summed E-state index contributed by atoms with van der Waals surface area (Å²) in [4.78, 5) is 61.8. The fourth-order valence-corrected chi connectivity index (χ4v) is 8.73. The quantitative estimate of drug-likeness (QED) is 0.270. The number of pyridine rings is 1. The summed E-state index contributed by atoms with van der Waals surface area (Å²) < 4.78 is 31.4. The third kappa shape index (κ3) is 8.96. The molecule has 3 aliphatic rings. The number of Topliss-reactive ketones (excluding diaryl/α,β-unsaturated/α-hetero) is 2. The van der Waals surface area contributed by atoms with E-state index in [9.17, 15) is 24.3 Å². The van der Waals surface area contributed by atoms with Crippen LogP contribution in [0.5, 0.6) is 0 Å². The van der Waals surface area contributed by atoms with Gasteiger partial charge in [-0.05, 0) is 78.7 Å². The Morgan fingerprint density at radius 3 is 2.44 bits per heavy atom. The monoisotopic (exact) mass is 765 g/mol. The number of esters is 1. The molecular weight excluding hydrogens is 706 g/mol. The third-order valence-electron chi connectivity index (χ3n) is 11.9. The maximum absolute atomic E-state index is 14.4. The number of aliphatic hydroxyl groups excluding tert-OH is 1. The van der Waals surface area contributed by atoms with Gasteiger partial charge in [0.25, 0.3) is 0 Å². The third-order valence-corrected chi connectivity index (χ3v) is 11.9. The zero-order valence-electron chi connectivity index (χ0n) is 33.8. The fraction of sp³-hybridized carbons (Fsp3) is 0.643. The van der Waals surface area contributed by atoms with Crippen molar-refractivity contribution in [1.29, 1.82) is 0 Å². The Morgan fingerprint density at radius 2 is 1.75 bits per heavy atom. The van der Waals surface area contributed by atoms with Gasteiger partial charge >= 0.3 is 12.1 Å². The van der Waals surface area contributed by atoms with E-state index < -0.39 is 83.4 Å². The molecule has 55 heavy (non-hydrogen) atoms. The molecule has 3 saturated heterocycles. The van der Waals surface area contributed by atoms with E-state index in [1.807, 2.05) is 68.4 Å². The molecule has 3 fully saturated rings. The highest BCUT2D eigenvalue weighted by Crippen LogP contribution is 2.40. The zero-order valence-corrected chi connectivity index (χ0v) is 33.8. The van der Waals surface area contributed by atoms with E-state index in [1.54, 1.807) is 47.7 Å². The summed E-state index contributed by atoms with van der Waals surface area (Å²) in [7, 11) is 3.74. The molecule has 0 radical (unpaired) electrons. The van der Waals surface area contributed by atoms with Crippen LogP contribution in [-0.4, -0.2) is 113 Å². The van der Waals surface area contributed by atoms with Gasteiger partial charge < -0.3 is 39.0 Å². The zero-order chi connectivity index (χ0) is 40.4. The molecule has 1 aromatic carbocycles. The molecule has 1 aromatic heterocycles. The van der Waals surface area contributed by atoms with Crippen LogP contribution in [0.3, 0.4) is 0 Å². The predicted molar refractivity (Wildman–Crippen MR) is 206 cm³/mol. The van der Waals surface area contributed by atoms with Gasteiger partial charge in [-0.3, -0.25) is 19.4 Å². The van der Waals surface area contributed by atoms with Crippen LogP contribution in [0.1, 0.15) is 80.2 Å². The van der Waals surface area contributed by atoms with Crippen molar-refractivity contribution in [1.82, 2.24) is 15.2 Å². The molecule has 13 atom stereocenters. The van der Waals surface area contributed by atoms with E-state index in [0.29, 0.717) is 6.42 Å². The summed E-state index contributed by atoms with van der Waals surface area (Å²) in [5, 5.41) is 15.4. The minimum absolute atomic E-state index is 0.0612. The Bertz CT molecular complexity index is 1750. The highest BCUT2D eigenvalue weighted by atomic mass is 16.7. The van der Waals surface area contributed by atoms with Crippen molar-refractivity contribution in [3.05, 3.63) is 48.2 Å².